The lowest BCUT2D eigenvalue weighted by molar-refractivity contribution is -0.286. The van der Waals surface area contributed by atoms with E-state index in [1.165, 1.54) is 25.2 Å². The number of rotatable bonds is 7. The summed E-state index contributed by atoms with van der Waals surface area (Å²) < 4.78 is 73.4. The first-order valence-electron chi connectivity index (χ1n) is 8.48. The van der Waals surface area contributed by atoms with Gasteiger partial charge < -0.3 is 14.8 Å². The molecule has 1 heterocycles. The van der Waals surface area contributed by atoms with E-state index in [-0.39, 0.29) is 41.5 Å². The normalized spacial score (nSPS) is 14.8. The molecule has 0 bridgehead atoms. The molecule has 0 aliphatic carbocycles. The van der Waals surface area contributed by atoms with Crippen molar-refractivity contribution < 1.29 is 35.9 Å². The number of ether oxygens (including phenoxy) is 2. The van der Waals surface area contributed by atoms with Crippen LogP contribution in [0.4, 0.5) is 18.9 Å². The Bertz CT molecular complexity index is 1010. The van der Waals surface area contributed by atoms with Gasteiger partial charge in [-0.15, -0.1) is 8.78 Å². The summed E-state index contributed by atoms with van der Waals surface area (Å²) >= 11 is 0. The van der Waals surface area contributed by atoms with Crippen molar-refractivity contribution in [3.63, 3.8) is 0 Å². The number of carbonyl (C=O) groups excluding carboxylic acids is 1. The van der Waals surface area contributed by atoms with Crippen LogP contribution in [0.1, 0.15) is 12.8 Å². The fourth-order valence-corrected chi connectivity index (χ4v) is 3.83. The van der Waals surface area contributed by atoms with Gasteiger partial charge in [0, 0.05) is 31.8 Å². The predicted octanol–water partition coefficient (Wildman–Crippen LogP) is 3.19. The summed E-state index contributed by atoms with van der Waals surface area (Å²) in [6.45, 7) is 0.0560. The van der Waals surface area contributed by atoms with E-state index >= 15 is 0 Å². The van der Waals surface area contributed by atoms with Crippen LogP contribution in [0, 0.1) is 5.82 Å². The Balaban J connectivity index is 1.51. The van der Waals surface area contributed by atoms with Crippen LogP contribution in [0.2, 0.25) is 0 Å². The van der Waals surface area contributed by atoms with Crippen LogP contribution < -0.4 is 14.8 Å². The molecular formula is C18H17F3N2O5S. The van der Waals surface area contributed by atoms with Gasteiger partial charge in [0.15, 0.2) is 11.5 Å². The van der Waals surface area contributed by atoms with Crippen molar-refractivity contribution in [2.75, 3.05) is 18.9 Å². The Kier molecular flexibility index (Phi) is 5.71. The number of benzene rings is 2. The fourth-order valence-electron chi connectivity index (χ4n) is 2.62. The molecule has 0 aromatic heterocycles. The third-order valence-corrected chi connectivity index (χ3v) is 5.95. The summed E-state index contributed by atoms with van der Waals surface area (Å²) in [6, 6.07) is 8.26. The van der Waals surface area contributed by atoms with Crippen molar-refractivity contribution in [1.29, 1.82) is 0 Å². The van der Waals surface area contributed by atoms with Crippen molar-refractivity contribution in [2.45, 2.75) is 24.0 Å². The van der Waals surface area contributed by atoms with E-state index in [9.17, 15) is 26.4 Å². The lowest BCUT2D eigenvalue weighted by atomic mass is 10.2. The molecule has 3 rings (SSSR count). The van der Waals surface area contributed by atoms with Gasteiger partial charge in [-0.25, -0.2) is 17.1 Å². The molecule has 1 aliphatic rings. The first kappa shape index (κ1) is 20.9. The molecule has 0 atom stereocenters. The molecule has 2 aromatic carbocycles. The summed E-state index contributed by atoms with van der Waals surface area (Å²) in [6.07, 6.45) is -3.54. The zero-order valence-corrected chi connectivity index (χ0v) is 16.0. The lowest BCUT2D eigenvalue weighted by Gasteiger charge is -2.17. The number of alkyl halides is 2. The summed E-state index contributed by atoms with van der Waals surface area (Å²) in [7, 11) is -2.44. The lowest BCUT2D eigenvalue weighted by Crippen LogP contribution is -2.28. The number of amides is 1. The van der Waals surface area contributed by atoms with Gasteiger partial charge in [0.25, 0.3) is 0 Å². The number of carbonyl (C=O) groups is 1. The van der Waals surface area contributed by atoms with Gasteiger partial charge in [0.05, 0.1) is 4.90 Å². The summed E-state index contributed by atoms with van der Waals surface area (Å²) in [5.41, 5.74) is 0.238. The molecule has 11 heteroatoms. The maximum atomic E-state index is 13.0. The van der Waals surface area contributed by atoms with Gasteiger partial charge in [0.2, 0.25) is 15.9 Å². The van der Waals surface area contributed by atoms with E-state index in [4.69, 9.17) is 0 Å². The average Bonchev–Trinajstić information content (AvgIpc) is 2.95. The van der Waals surface area contributed by atoms with Crippen LogP contribution >= 0.6 is 0 Å². The molecular weight excluding hydrogens is 413 g/mol. The standard InChI is InChI=1S/C18H17F3N2O5S/c1-23(29(25,26)14-7-4-12(19)5-8-14)10-2-3-17(24)22-13-6-9-15-16(11-13)28-18(20,21)27-15/h4-9,11H,2-3,10H2,1H3,(H,22,24). The van der Waals surface area contributed by atoms with Gasteiger partial charge in [-0.3, -0.25) is 4.79 Å². The first-order chi connectivity index (χ1) is 13.6. The number of fused-ring (bicyclic) bond motifs is 1. The van der Waals surface area contributed by atoms with E-state index in [0.717, 1.165) is 28.6 Å². The van der Waals surface area contributed by atoms with Crippen molar-refractivity contribution in [3.8, 4) is 11.5 Å². The predicted molar refractivity (Wildman–Crippen MR) is 96.7 cm³/mol. The number of hydrogen-bond donors (Lipinski definition) is 1. The largest absolute Gasteiger partial charge is 0.586 e. The number of halogens is 3. The van der Waals surface area contributed by atoms with Crippen LogP contribution in [0.25, 0.3) is 0 Å². The fraction of sp³-hybridized carbons (Fsp3) is 0.278. The van der Waals surface area contributed by atoms with Gasteiger partial charge >= 0.3 is 6.29 Å². The van der Waals surface area contributed by atoms with Gasteiger partial charge in [-0.2, -0.15) is 0 Å². The summed E-state index contributed by atoms with van der Waals surface area (Å²) in [5.74, 6) is -1.31. The van der Waals surface area contributed by atoms with Crippen LogP contribution in [0.15, 0.2) is 47.4 Å². The quantitative estimate of drug-likeness (QED) is 0.729. The third kappa shape index (κ3) is 4.98. The zero-order valence-electron chi connectivity index (χ0n) is 15.2. The molecule has 0 fully saturated rings. The highest BCUT2D eigenvalue weighted by molar-refractivity contribution is 7.89. The van der Waals surface area contributed by atoms with Crippen LogP contribution in [-0.2, 0) is 14.8 Å². The molecule has 0 saturated carbocycles. The van der Waals surface area contributed by atoms with Gasteiger partial charge in [-0.1, -0.05) is 0 Å². The van der Waals surface area contributed by atoms with Crippen LogP contribution in [0.5, 0.6) is 11.5 Å². The van der Waals surface area contributed by atoms with Gasteiger partial charge in [-0.05, 0) is 42.8 Å². The Hall–Kier alpha value is -2.79. The highest BCUT2D eigenvalue weighted by Crippen LogP contribution is 2.42. The molecule has 156 valence electrons. The SMILES string of the molecule is CN(CCCC(=O)Nc1ccc2c(c1)OC(F)(F)O2)S(=O)(=O)c1ccc(F)cc1. The maximum absolute atomic E-state index is 13.0. The molecule has 0 radical (unpaired) electrons. The second-order valence-electron chi connectivity index (χ2n) is 6.26. The van der Waals surface area contributed by atoms with E-state index in [0.29, 0.717) is 0 Å². The number of sulfonamides is 1. The molecule has 0 saturated heterocycles. The molecule has 7 nitrogen and oxygen atoms in total. The topological polar surface area (TPSA) is 84.9 Å². The maximum Gasteiger partial charge on any atom is 0.586 e. The van der Waals surface area contributed by atoms with E-state index < -0.39 is 28.0 Å². The monoisotopic (exact) mass is 430 g/mol. The molecule has 1 N–H and O–H groups in total. The minimum atomic E-state index is -3.80. The number of nitrogens with zero attached hydrogens (tertiary/aromatic N) is 1. The second kappa shape index (κ2) is 7.91. The first-order valence-corrected chi connectivity index (χ1v) is 9.92. The summed E-state index contributed by atoms with van der Waals surface area (Å²) in [4.78, 5) is 12.0. The summed E-state index contributed by atoms with van der Waals surface area (Å²) in [5, 5.41) is 2.52. The Morgan fingerprint density at radius 2 is 1.76 bits per heavy atom. The van der Waals surface area contributed by atoms with E-state index in [1.807, 2.05) is 0 Å². The molecule has 1 aliphatic heterocycles. The average molecular weight is 430 g/mol. The highest BCUT2D eigenvalue weighted by atomic mass is 32.2. The van der Waals surface area contributed by atoms with Crippen molar-refractivity contribution in [2.24, 2.45) is 0 Å². The Labute approximate surface area is 165 Å². The molecule has 1 amide bonds. The Morgan fingerprint density at radius 1 is 1.10 bits per heavy atom. The number of anilines is 1. The number of hydrogen-bond acceptors (Lipinski definition) is 5. The smallest absolute Gasteiger partial charge is 0.395 e. The molecule has 29 heavy (non-hydrogen) atoms. The second-order valence-corrected chi connectivity index (χ2v) is 8.31. The Morgan fingerprint density at radius 3 is 2.45 bits per heavy atom. The van der Waals surface area contributed by atoms with E-state index in [1.54, 1.807) is 0 Å². The van der Waals surface area contributed by atoms with Crippen LogP contribution in [0.3, 0.4) is 0 Å². The molecule has 0 spiro atoms. The van der Waals surface area contributed by atoms with Crippen molar-refractivity contribution >= 4 is 21.6 Å². The van der Waals surface area contributed by atoms with Crippen molar-refractivity contribution in [3.05, 3.63) is 48.3 Å². The number of nitrogens with one attached hydrogen (secondary N) is 1. The minimum absolute atomic E-state index is 0.00607. The van der Waals surface area contributed by atoms with Crippen LogP contribution in [-0.4, -0.2) is 38.5 Å². The van der Waals surface area contributed by atoms with Gasteiger partial charge in [0.1, 0.15) is 5.82 Å². The molecule has 0 unspecified atom stereocenters. The zero-order chi connectivity index (χ0) is 21.2. The minimum Gasteiger partial charge on any atom is -0.395 e. The van der Waals surface area contributed by atoms with E-state index in [2.05, 4.69) is 14.8 Å². The highest BCUT2D eigenvalue weighted by Gasteiger charge is 2.43. The third-order valence-electron chi connectivity index (χ3n) is 4.08. The molecule has 2 aromatic rings. The van der Waals surface area contributed by atoms with Crippen molar-refractivity contribution in [1.82, 2.24) is 4.31 Å².